The van der Waals surface area contributed by atoms with Gasteiger partial charge in [0.15, 0.2) is 0 Å². The van der Waals surface area contributed by atoms with E-state index in [2.05, 4.69) is 58.9 Å². The van der Waals surface area contributed by atoms with Gasteiger partial charge in [0.2, 0.25) is 0 Å². The molecule has 154 valence electrons. The summed E-state index contributed by atoms with van der Waals surface area (Å²) in [5, 5.41) is 21.3. The summed E-state index contributed by atoms with van der Waals surface area (Å²) in [6.45, 7) is 10.9. The smallest absolute Gasteiger partial charge is 0.121 e. The third kappa shape index (κ3) is 5.10. The molecule has 0 heterocycles. The van der Waals surface area contributed by atoms with Gasteiger partial charge >= 0.3 is 0 Å². The maximum atomic E-state index is 10.7. The SMILES string of the molecule is CCCc1cc(C(C)c2cc(CCC)c(O)c(CCC)c2)cc(CCC)c1O. The summed E-state index contributed by atoms with van der Waals surface area (Å²) in [6.07, 6.45) is 7.72. The summed E-state index contributed by atoms with van der Waals surface area (Å²) in [5.41, 5.74) is 6.79. The van der Waals surface area contributed by atoms with Gasteiger partial charge in [0.25, 0.3) is 0 Å². The highest BCUT2D eigenvalue weighted by atomic mass is 16.3. The zero-order valence-electron chi connectivity index (χ0n) is 18.4. The first-order valence-corrected chi connectivity index (χ1v) is 11.2. The molecule has 0 saturated heterocycles. The lowest BCUT2D eigenvalue weighted by Gasteiger charge is -2.20. The third-order valence-electron chi connectivity index (χ3n) is 5.66. The predicted octanol–water partition coefficient (Wildman–Crippen LogP) is 7.06. The van der Waals surface area contributed by atoms with E-state index in [-0.39, 0.29) is 5.92 Å². The molecule has 0 fully saturated rings. The number of hydrogen-bond acceptors (Lipinski definition) is 2. The summed E-state index contributed by atoms with van der Waals surface area (Å²) in [4.78, 5) is 0. The first-order valence-electron chi connectivity index (χ1n) is 11.2. The number of benzene rings is 2. The Morgan fingerprint density at radius 1 is 0.571 bits per heavy atom. The van der Waals surface area contributed by atoms with Gasteiger partial charge in [0, 0.05) is 5.92 Å². The molecule has 0 amide bonds. The maximum absolute atomic E-state index is 10.7. The van der Waals surface area contributed by atoms with Crippen molar-refractivity contribution < 1.29 is 10.2 Å². The largest absolute Gasteiger partial charge is 0.507 e. The number of phenols is 2. The van der Waals surface area contributed by atoms with Crippen LogP contribution >= 0.6 is 0 Å². The molecule has 0 unspecified atom stereocenters. The van der Waals surface area contributed by atoms with Gasteiger partial charge in [-0.3, -0.25) is 0 Å². The van der Waals surface area contributed by atoms with Gasteiger partial charge in [-0.15, -0.1) is 0 Å². The van der Waals surface area contributed by atoms with Crippen LogP contribution < -0.4 is 0 Å². The van der Waals surface area contributed by atoms with E-state index in [4.69, 9.17) is 0 Å². The number of aromatic hydroxyl groups is 2. The van der Waals surface area contributed by atoms with E-state index >= 15 is 0 Å². The molecule has 28 heavy (non-hydrogen) atoms. The van der Waals surface area contributed by atoms with Crippen molar-refractivity contribution in [1.29, 1.82) is 0 Å². The Labute approximate surface area is 171 Å². The van der Waals surface area contributed by atoms with Crippen LogP contribution in [0.1, 0.15) is 99.6 Å². The second-order valence-corrected chi connectivity index (χ2v) is 8.10. The van der Waals surface area contributed by atoms with Crippen LogP contribution in [0.5, 0.6) is 11.5 Å². The molecule has 2 nitrogen and oxygen atoms in total. The normalized spacial score (nSPS) is 11.4. The van der Waals surface area contributed by atoms with E-state index in [0.29, 0.717) is 11.5 Å². The van der Waals surface area contributed by atoms with Crippen LogP contribution in [0.2, 0.25) is 0 Å². The van der Waals surface area contributed by atoms with E-state index in [1.165, 1.54) is 11.1 Å². The summed E-state index contributed by atoms with van der Waals surface area (Å²) >= 11 is 0. The highest BCUT2D eigenvalue weighted by Gasteiger charge is 2.18. The Kier molecular flexibility index (Phi) is 8.41. The van der Waals surface area contributed by atoms with E-state index < -0.39 is 0 Å². The van der Waals surface area contributed by atoms with Gasteiger partial charge in [-0.05, 0) is 59.1 Å². The van der Waals surface area contributed by atoms with Gasteiger partial charge in [0.05, 0.1) is 0 Å². The van der Waals surface area contributed by atoms with Gasteiger partial charge in [-0.25, -0.2) is 0 Å². The summed E-state index contributed by atoms with van der Waals surface area (Å²) in [7, 11) is 0. The maximum Gasteiger partial charge on any atom is 0.121 e. The van der Waals surface area contributed by atoms with Crippen LogP contribution in [-0.2, 0) is 25.7 Å². The molecule has 0 aliphatic rings. The molecular weight excluding hydrogens is 344 g/mol. The Morgan fingerprint density at radius 3 is 1.04 bits per heavy atom. The van der Waals surface area contributed by atoms with Gasteiger partial charge in [0.1, 0.15) is 11.5 Å². The fourth-order valence-electron chi connectivity index (χ4n) is 4.11. The van der Waals surface area contributed by atoms with Crippen molar-refractivity contribution in [2.75, 3.05) is 0 Å². The monoisotopic (exact) mass is 382 g/mol. The van der Waals surface area contributed by atoms with Crippen molar-refractivity contribution >= 4 is 0 Å². The highest BCUT2D eigenvalue weighted by molar-refractivity contribution is 5.50. The van der Waals surface area contributed by atoms with Crippen LogP contribution in [-0.4, -0.2) is 10.2 Å². The Bertz CT molecular complexity index is 656. The van der Waals surface area contributed by atoms with Crippen molar-refractivity contribution in [2.24, 2.45) is 0 Å². The lowest BCUT2D eigenvalue weighted by molar-refractivity contribution is 0.459. The Morgan fingerprint density at radius 2 is 0.821 bits per heavy atom. The van der Waals surface area contributed by atoms with Gasteiger partial charge in [-0.1, -0.05) is 84.6 Å². The van der Waals surface area contributed by atoms with Crippen LogP contribution in [0.3, 0.4) is 0 Å². The number of rotatable bonds is 10. The number of hydrogen-bond donors (Lipinski definition) is 2. The molecule has 2 N–H and O–H groups in total. The molecule has 0 atom stereocenters. The van der Waals surface area contributed by atoms with Crippen LogP contribution in [0.25, 0.3) is 0 Å². The fraction of sp³-hybridized carbons (Fsp3) is 0.538. The van der Waals surface area contributed by atoms with E-state index in [0.717, 1.165) is 73.6 Å². The lowest BCUT2D eigenvalue weighted by Crippen LogP contribution is -2.03. The van der Waals surface area contributed by atoms with Crippen LogP contribution in [0.4, 0.5) is 0 Å². The quantitative estimate of drug-likeness (QED) is 0.462. The first kappa shape index (κ1) is 22.3. The standard InChI is InChI=1S/C26H38O2/c1-6-10-19-14-23(15-20(11-7-2)25(19)27)18(5)24-16-21(12-8-3)26(28)22(17-24)13-9-4/h14-18,27-28H,6-13H2,1-5H3. The predicted molar refractivity (Wildman–Crippen MR) is 120 cm³/mol. The average molecular weight is 383 g/mol. The molecule has 0 aliphatic heterocycles. The molecule has 0 spiro atoms. The minimum atomic E-state index is 0.235. The second-order valence-electron chi connectivity index (χ2n) is 8.10. The Hall–Kier alpha value is -1.96. The van der Waals surface area contributed by atoms with Crippen molar-refractivity contribution in [3.63, 3.8) is 0 Å². The molecule has 0 aromatic heterocycles. The van der Waals surface area contributed by atoms with Crippen molar-refractivity contribution in [3.05, 3.63) is 57.6 Å². The van der Waals surface area contributed by atoms with Gasteiger partial charge in [-0.2, -0.15) is 0 Å². The third-order valence-corrected chi connectivity index (χ3v) is 5.66. The molecule has 2 rings (SSSR count). The number of aryl methyl sites for hydroxylation is 4. The van der Waals surface area contributed by atoms with Gasteiger partial charge < -0.3 is 10.2 Å². The highest BCUT2D eigenvalue weighted by Crippen LogP contribution is 2.36. The van der Waals surface area contributed by atoms with Crippen molar-refractivity contribution in [2.45, 2.75) is 91.9 Å². The molecule has 0 saturated carbocycles. The topological polar surface area (TPSA) is 40.5 Å². The number of phenolic OH excluding ortho intramolecular Hbond substituents is 2. The summed E-state index contributed by atoms with van der Waals surface area (Å²) in [5.74, 6) is 1.21. The minimum Gasteiger partial charge on any atom is -0.507 e. The first-order chi connectivity index (χ1) is 13.5. The zero-order chi connectivity index (χ0) is 20.7. The molecule has 0 radical (unpaired) electrons. The molecule has 2 aromatic carbocycles. The Balaban J connectivity index is 2.53. The second kappa shape index (κ2) is 10.5. The van der Waals surface area contributed by atoms with E-state index in [9.17, 15) is 10.2 Å². The van der Waals surface area contributed by atoms with Crippen LogP contribution in [0, 0.1) is 0 Å². The molecule has 0 bridgehead atoms. The molecule has 2 aromatic rings. The summed E-state index contributed by atoms with van der Waals surface area (Å²) < 4.78 is 0. The molecule has 2 heteroatoms. The fourth-order valence-corrected chi connectivity index (χ4v) is 4.11. The van der Waals surface area contributed by atoms with E-state index in [1.54, 1.807) is 0 Å². The molecular formula is C26H38O2. The van der Waals surface area contributed by atoms with Crippen molar-refractivity contribution in [3.8, 4) is 11.5 Å². The zero-order valence-corrected chi connectivity index (χ0v) is 18.4. The van der Waals surface area contributed by atoms with Crippen molar-refractivity contribution in [1.82, 2.24) is 0 Å². The molecule has 0 aliphatic carbocycles. The summed E-state index contributed by atoms with van der Waals surface area (Å²) in [6, 6.07) is 8.76. The van der Waals surface area contributed by atoms with Crippen LogP contribution in [0.15, 0.2) is 24.3 Å². The lowest BCUT2D eigenvalue weighted by atomic mass is 9.86. The minimum absolute atomic E-state index is 0.235. The van der Waals surface area contributed by atoms with E-state index in [1.807, 2.05) is 0 Å². The average Bonchev–Trinajstić information content (AvgIpc) is 2.68.